The second-order valence-corrected chi connectivity index (χ2v) is 15.6. The highest BCUT2D eigenvalue weighted by Gasteiger charge is 2.16. The molecule has 0 atom stereocenters. The molecule has 1 aliphatic heterocycles. The van der Waals surface area contributed by atoms with Gasteiger partial charge in [-0.3, -0.25) is 4.90 Å². The molecule has 0 aliphatic carbocycles. The normalized spacial score (nSPS) is 13.8. The molecule has 1 N–H and O–H groups in total. The first kappa shape index (κ1) is 48.6. The smallest absolute Gasteiger partial charge is 0.407 e. The maximum Gasteiger partial charge on any atom is 0.407 e. The lowest BCUT2D eigenvalue weighted by molar-refractivity contribution is 0.0485. The van der Waals surface area contributed by atoms with Crippen molar-refractivity contribution in [3.63, 3.8) is 0 Å². The lowest BCUT2D eigenvalue weighted by atomic mass is 10.1. The van der Waals surface area contributed by atoms with Gasteiger partial charge in [0.1, 0.15) is 6.61 Å². The Morgan fingerprint density at radius 1 is 0.519 bits per heavy atom. The van der Waals surface area contributed by atoms with Crippen molar-refractivity contribution in [2.45, 2.75) is 213 Å². The van der Waals surface area contributed by atoms with Crippen molar-refractivity contribution in [1.29, 1.82) is 0 Å². The molecular formula is C46H88N2O4. The van der Waals surface area contributed by atoms with Crippen LogP contribution in [0.4, 0.5) is 4.79 Å². The molecule has 0 unspecified atom stereocenters. The van der Waals surface area contributed by atoms with E-state index in [1.54, 1.807) is 0 Å². The van der Waals surface area contributed by atoms with Gasteiger partial charge in [0.25, 0.3) is 0 Å². The quantitative estimate of drug-likeness (QED) is 0.0502. The lowest BCUT2D eigenvalue weighted by Crippen LogP contribution is -2.42. The fraction of sp³-hybridized carbons (Fsp3) is 0.891. The molecule has 6 nitrogen and oxygen atoms in total. The number of ether oxygens (including phenoxy) is 3. The summed E-state index contributed by atoms with van der Waals surface area (Å²) in [5, 5.41) is 3.02. The average molecular weight is 733 g/mol. The molecule has 306 valence electrons. The SMILES string of the molecule is CCCCCCCC/C=C\CCCCCCCCOCC(COCCCCCCCC/C=C\CCCCCCCC)NC(=O)OCCN1CCCC1. The van der Waals surface area contributed by atoms with E-state index in [-0.39, 0.29) is 12.1 Å². The van der Waals surface area contributed by atoms with Gasteiger partial charge in [0.05, 0.1) is 19.3 Å². The third-order valence-corrected chi connectivity index (χ3v) is 10.4. The monoisotopic (exact) mass is 733 g/mol. The van der Waals surface area contributed by atoms with Gasteiger partial charge in [0, 0.05) is 19.8 Å². The summed E-state index contributed by atoms with van der Waals surface area (Å²) >= 11 is 0. The number of nitrogens with zero attached hydrogens (tertiary/aromatic N) is 1. The number of likely N-dealkylation sites (tertiary alicyclic amines) is 1. The van der Waals surface area contributed by atoms with Crippen LogP contribution in [0.2, 0.25) is 0 Å². The first-order valence-corrected chi connectivity index (χ1v) is 22.9. The van der Waals surface area contributed by atoms with E-state index >= 15 is 0 Å². The number of rotatable bonds is 40. The molecule has 1 saturated heterocycles. The van der Waals surface area contributed by atoms with Gasteiger partial charge in [-0.25, -0.2) is 4.79 Å². The highest BCUT2D eigenvalue weighted by atomic mass is 16.6. The fourth-order valence-corrected chi connectivity index (χ4v) is 6.97. The van der Waals surface area contributed by atoms with Gasteiger partial charge in [-0.15, -0.1) is 0 Å². The molecule has 1 fully saturated rings. The van der Waals surface area contributed by atoms with Crippen molar-refractivity contribution in [3.8, 4) is 0 Å². The Hall–Kier alpha value is -1.37. The first-order chi connectivity index (χ1) is 25.8. The zero-order valence-corrected chi connectivity index (χ0v) is 34.8. The summed E-state index contributed by atoms with van der Waals surface area (Å²) in [6.07, 6.45) is 48.3. The standard InChI is InChI=1S/C46H88N2O4/c1-3-5-7-9-11-13-15-17-19-21-23-25-27-29-31-35-40-50-43-45(47-46(49)52-42-39-48-37-33-34-38-48)44-51-41-36-32-30-28-26-24-22-20-18-16-14-12-10-8-6-4-2/h17-20,45H,3-16,21-44H2,1-2H3,(H,47,49)/b19-17-,20-18-. The zero-order valence-electron chi connectivity index (χ0n) is 34.8. The molecule has 1 rings (SSSR count). The second-order valence-electron chi connectivity index (χ2n) is 15.6. The molecule has 0 bridgehead atoms. The molecule has 0 aromatic rings. The van der Waals surface area contributed by atoms with E-state index < -0.39 is 0 Å². The van der Waals surface area contributed by atoms with E-state index in [9.17, 15) is 4.79 Å². The number of carbonyl (C=O) groups is 1. The highest BCUT2D eigenvalue weighted by molar-refractivity contribution is 5.67. The summed E-state index contributed by atoms with van der Waals surface area (Å²) in [5.74, 6) is 0. The van der Waals surface area contributed by atoms with Crippen LogP contribution in [0.15, 0.2) is 24.3 Å². The summed E-state index contributed by atoms with van der Waals surface area (Å²) in [6.45, 7) is 10.5. The van der Waals surface area contributed by atoms with Crippen LogP contribution in [0.25, 0.3) is 0 Å². The number of hydrogen-bond acceptors (Lipinski definition) is 5. The Balaban J connectivity index is 2.08. The van der Waals surface area contributed by atoms with Crippen LogP contribution in [-0.2, 0) is 14.2 Å². The Kier molecular flexibility index (Phi) is 38.2. The molecule has 6 heteroatoms. The molecule has 0 saturated carbocycles. The topological polar surface area (TPSA) is 60.0 Å². The predicted molar refractivity (Wildman–Crippen MR) is 224 cm³/mol. The van der Waals surface area contributed by atoms with Gasteiger partial charge < -0.3 is 19.5 Å². The van der Waals surface area contributed by atoms with Crippen molar-refractivity contribution in [1.82, 2.24) is 10.2 Å². The largest absolute Gasteiger partial charge is 0.448 e. The number of hydrogen-bond donors (Lipinski definition) is 1. The lowest BCUT2D eigenvalue weighted by Gasteiger charge is -2.20. The van der Waals surface area contributed by atoms with Crippen LogP contribution < -0.4 is 5.32 Å². The van der Waals surface area contributed by atoms with E-state index in [0.29, 0.717) is 19.8 Å². The maximum absolute atomic E-state index is 12.5. The second kappa shape index (κ2) is 40.8. The first-order valence-electron chi connectivity index (χ1n) is 22.9. The third-order valence-electron chi connectivity index (χ3n) is 10.4. The van der Waals surface area contributed by atoms with Gasteiger partial charge in [0.15, 0.2) is 0 Å². The Morgan fingerprint density at radius 3 is 1.29 bits per heavy atom. The maximum atomic E-state index is 12.5. The van der Waals surface area contributed by atoms with Crippen LogP contribution in [0.1, 0.15) is 206 Å². The Labute approximate surface area is 324 Å². The van der Waals surface area contributed by atoms with Gasteiger partial charge in [0.2, 0.25) is 0 Å². The number of amides is 1. The van der Waals surface area contributed by atoms with Gasteiger partial charge >= 0.3 is 6.09 Å². The van der Waals surface area contributed by atoms with Crippen molar-refractivity contribution < 1.29 is 19.0 Å². The van der Waals surface area contributed by atoms with Crippen molar-refractivity contribution in [2.75, 3.05) is 52.7 Å². The van der Waals surface area contributed by atoms with Crippen LogP contribution in [0.3, 0.4) is 0 Å². The number of allylic oxidation sites excluding steroid dienone is 4. The molecule has 52 heavy (non-hydrogen) atoms. The van der Waals surface area contributed by atoms with Crippen molar-refractivity contribution in [2.24, 2.45) is 0 Å². The van der Waals surface area contributed by atoms with Crippen LogP contribution in [-0.4, -0.2) is 69.7 Å². The molecule has 0 aromatic carbocycles. The van der Waals surface area contributed by atoms with E-state index in [4.69, 9.17) is 14.2 Å². The third kappa shape index (κ3) is 35.6. The highest BCUT2D eigenvalue weighted by Crippen LogP contribution is 2.12. The minimum atomic E-state index is -0.356. The summed E-state index contributed by atoms with van der Waals surface area (Å²) < 4.78 is 17.5. The summed E-state index contributed by atoms with van der Waals surface area (Å²) in [4.78, 5) is 14.9. The van der Waals surface area contributed by atoms with E-state index in [1.807, 2.05) is 0 Å². The van der Waals surface area contributed by atoms with Crippen LogP contribution >= 0.6 is 0 Å². The summed E-state index contributed by atoms with van der Waals surface area (Å²) in [5.41, 5.74) is 0. The van der Waals surface area contributed by atoms with Crippen molar-refractivity contribution >= 4 is 6.09 Å². The minimum absolute atomic E-state index is 0.178. The zero-order chi connectivity index (χ0) is 37.3. The van der Waals surface area contributed by atoms with E-state index in [0.717, 1.165) is 45.7 Å². The fourth-order valence-electron chi connectivity index (χ4n) is 6.97. The molecular weight excluding hydrogens is 645 g/mol. The van der Waals surface area contributed by atoms with Gasteiger partial charge in [-0.2, -0.15) is 0 Å². The van der Waals surface area contributed by atoms with E-state index in [1.165, 1.54) is 180 Å². The number of unbranched alkanes of at least 4 members (excludes halogenated alkanes) is 24. The van der Waals surface area contributed by atoms with Crippen molar-refractivity contribution in [3.05, 3.63) is 24.3 Å². The number of nitrogens with one attached hydrogen (secondary N) is 1. The minimum Gasteiger partial charge on any atom is -0.448 e. The van der Waals surface area contributed by atoms with Gasteiger partial charge in [-0.1, -0.05) is 154 Å². The predicted octanol–water partition coefficient (Wildman–Crippen LogP) is 13.3. The molecule has 0 radical (unpaired) electrons. The molecule has 0 aromatic heterocycles. The molecule has 1 aliphatic rings. The summed E-state index contributed by atoms with van der Waals surface area (Å²) in [7, 11) is 0. The number of carbonyl (C=O) groups excluding carboxylic acids is 1. The average Bonchev–Trinajstić information content (AvgIpc) is 3.67. The van der Waals surface area contributed by atoms with Gasteiger partial charge in [-0.05, 0) is 90.1 Å². The summed E-state index contributed by atoms with van der Waals surface area (Å²) in [6, 6.07) is -0.178. The molecule has 0 spiro atoms. The number of alkyl carbamates (subject to hydrolysis) is 1. The van der Waals surface area contributed by atoms with Crippen LogP contribution in [0, 0.1) is 0 Å². The van der Waals surface area contributed by atoms with Crippen LogP contribution in [0.5, 0.6) is 0 Å². The Morgan fingerprint density at radius 2 is 0.885 bits per heavy atom. The Bertz CT molecular complexity index is 736. The molecule has 1 heterocycles. The molecule has 1 amide bonds. The van der Waals surface area contributed by atoms with E-state index in [2.05, 4.69) is 48.4 Å².